The summed E-state index contributed by atoms with van der Waals surface area (Å²) in [5, 5.41) is 17.2. The highest BCUT2D eigenvalue weighted by Gasteiger charge is 2.23. The van der Waals surface area contributed by atoms with Crippen molar-refractivity contribution in [1.82, 2.24) is 9.97 Å². The highest BCUT2D eigenvalue weighted by Crippen LogP contribution is 2.33. The zero-order valence-electron chi connectivity index (χ0n) is 11.8. The third-order valence-corrected chi connectivity index (χ3v) is 3.33. The van der Waals surface area contributed by atoms with Gasteiger partial charge in [0.05, 0.1) is 4.92 Å². The number of nitrogens with zero attached hydrogens (tertiary/aromatic N) is 3. The lowest BCUT2D eigenvalue weighted by Crippen LogP contribution is -2.11. The minimum atomic E-state index is -0.429. The summed E-state index contributed by atoms with van der Waals surface area (Å²) in [4.78, 5) is 18.7. The quantitative estimate of drug-likeness (QED) is 0.410. The van der Waals surface area contributed by atoms with E-state index >= 15 is 0 Å². The minimum absolute atomic E-state index is 0.0626. The largest absolute Gasteiger partial charge is 0.364 e. The van der Waals surface area contributed by atoms with Gasteiger partial charge >= 0.3 is 5.69 Å². The van der Waals surface area contributed by atoms with E-state index in [2.05, 4.69) is 20.6 Å². The molecule has 20 heavy (non-hydrogen) atoms. The lowest BCUT2D eigenvalue weighted by Gasteiger charge is -2.09. The second-order valence-electron chi connectivity index (χ2n) is 5.12. The number of hydrogen-bond acceptors (Lipinski definition) is 6. The predicted octanol–water partition coefficient (Wildman–Crippen LogP) is 2.81. The van der Waals surface area contributed by atoms with E-state index in [0.29, 0.717) is 18.9 Å². The van der Waals surface area contributed by atoms with Gasteiger partial charge in [-0.3, -0.25) is 10.1 Å². The Labute approximate surface area is 118 Å². The van der Waals surface area contributed by atoms with Crippen molar-refractivity contribution < 1.29 is 4.92 Å². The summed E-state index contributed by atoms with van der Waals surface area (Å²) in [6.45, 7) is 3.36. The Hall–Kier alpha value is -1.92. The van der Waals surface area contributed by atoms with Crippen LogP contribution in [0.15, 0.2) is 6.33 Å². The number of anilines is 2. The van der Waals surface area contributed by atoms with E-state index in [0.717, 1.165) is 18.8 Å². The molecule has 0 unspecified atom stereocenters. The molecule has 0 atom stereocenters. The first-order valence-corrected chi connectivity index (χ1v) is 7.19. The van der Waals surface area contributed by atoms with Gasteiger partial charge < -0.3 is 10.6 Å². The fourth-order valence-electron chi connectivity index (χ4n) is 2.06. The molecule has 1 aliphatic carbocycles. The monoisotopic (exact) mass is 279 g/mol. The fraction of sp³-hybridized carbons (Fsp3) is 0.692. The smallest absolute Gasteiger partial charge is 0.353 e. The summed E-state index contributed by atoms with van der Waals surface area (Å²) >= 11 is 0. The van der Waals surface area contributed by atoms with Crippen molar-refractivity contribution in [1.29, 1.82) is 0 Å². The first kappa shape index (κ1) is 14.5. The summed E-state index contributed by atoms with van der Waals surface area (Å²) in [6.07, 6.45) is 7.10. The Bertz CT molecular complexity index is 462. The molecule has 0 bridgehead atoms. The molecular formula is C13H21N5O2. The molecule has 0 aromatic carbocycles. The van der Waals surface area contributed by atoms with Crippen LogP contribution in [0.5, 0.6) is 0 Å². The first-order valence-electron chi connectivity index (χ1n) is 7.19. The number of aromatic nitrogens is 2. The molecule has 0 saturated heterocycles. The Kier molecular flexibility index (Phi) is 5.09. The van der Waals surface area contributed by atoms with Crippen LogP contribution in [0.25, 0.3) is 0 Å². The summed E-state index contributed by atoms with van der Waals surface area (Å²) in [5.74, 6) is 1.47. The van der Waals surface area contributed by atoms with E-state index in [1.54, 1.807) is 0 Å². The Balaban J connectivity index is 1.99. The molecule has 7 nitrogen and oxygen atoms in total. The van der Waals surface area contributed by atoms with Gasteiger partial charge in [0, 0.05) is 13.1 Å². The molecule has 7 heteroatoms. The van der Waals surface area contributed by atoms with Crippen molar-refractivity contribution in [3.8, 4) is 0 Å². The Morgan fingerprint density at radius 3 is 2.50 bits per heavy atom. The lowest BCUT2D eigenvalue weighted by molar-refractivity contribution is -0.383. The van der Waals surface area contributed by atoms with Crippen LogP contribution in [0.1, 0.15) is 39.0 Å². The maximum atomic E-state index is 11.2. The van der Waals surface area contributed by atoms with E-state index < -0.39 is 4.92 Å². The number of hydrogen-bond donors (Lipinski definition) is 2. The van der Waals surface area contributed by atoms with Gasteiger partial charge in [-0.1, -0.05) is 19.8 Å². The van der Waals surface area contributed by atoms with Crippen LogP contribution in [0.3, 0.4) is 0 Å². The number of rotatable bonds is 9. The van der Waals surface area contributed by atoms with Gasteiger partial charge in [-0.2, -0.15) is 0 Å². The van der Waals surface area contributed by atoms with E-state index in [9.17, 15) is 10.1 Å². The van der Waals surface area contributed by atoms with Crippen molar-refractivity contribution in [3.05, 3.63) is 16.4 Å². The van der Waals surface area contributed by atoms with Crippen LogP contribution >= 0.6 is 0 Å². The van der Waals surface area contributed by atoms with Gasteiger partial charge in [0.15, 0.2) is 0 Å². The van der Waals surface area contributed by atoms with Gasteiger partial charge in [0.2, 0.25) is 11.6 Å². The van der Waals surface area contributed by atoms with Gasteiger partial charge in [0.1, 0.15) is 6.33 Å². The van der Waals surface area contributed by atoms with E-state index in [1.807, 2.05) is 6.92 Å². The second-order valence-corrected chi connectivity index (χ2v) is 5.12. The normalized spacial score (nSPS) is 14.1. The third-order valence-electron chi connectivity index (χ3n) is 3.33. The van der Waals surface area contributed by atoms with Crippen molar-refractivity contribution in [2.75, 3.05) is 23.7 Å². The highest BCUT2D eigenvalue weighted by molar-refractivity contribution is 5.69. The van der Waals surface area contributed by atoms with Crippen molar-refractivity contribution >= 4 is 17.3 Å². The van der Waals surface area contributed by atoms with Crippen LogP contribution < -0.4 is 10.6 Å². The molecule has 0 spiro atoms. The Morgan fingerprint density at radius 1 is 1.30 bits per heavy atom. The van der Waals surface area contributed by atoms with Crippen molar-refractivity contribution in [2.45, 2.75) is 39.0 Å². The number of nitro groups is 1. The number of nitrogens with one attached hydrogen (secondary N) is 2. The average Bonchev–Trinajstić information content (AvgIpc) is 3.25. The summed E-state index contributed by atoms with van der Waals surface area (Å²) in [5.41, 5.74) is -0.0626. The van der Waals surface area contributed by atoms with Crippen LogP contribution in [-0.2, 0) is 0 Å². The van der Waals surface area contributed by atoms with E-state index in [4.69, 9.17) is 0 Å². The molecule has 2 rings (SSSR count). The first-order chi connectivity index (χ1) is 9.72. The van der Waals surface area contributed by atoms with Gasteiger partial charge in [-0.15, -0.1) is 0 Å². The molecule has 0 radical (unpaired) electrons. The summed E-state index contributed by atoms with van der Waals surface area (Å²) in [7, 11) is 0. The summed E-state index contributed by atoms with van der Waals surface area (Å²) in [6, 6.07) is 0. The zero-order chi connectivity index (χ0) is 14.4. The van der Waals surface area contributed by atoms with E-state index in [1.165, 1.54) is 25.6 Å². The second kappa shape index (κ2) is 7.02. The van der Waals surface area contributed by atoms with Crippen LogP contribution in [-0.4, -0.2) is 28.0 Å². The van der Waals surface area contributed by atoms with E-state index in [-0.39, 0.29) is 11.5 Å². The zero-order valence-corrected chi connectivity index (χ0v) is 11.8. The third kappa shape index (κ3) is 4.04. The highest BCUT2D eigenvalue weighted by atomic mass is 16.6. The molecular weight excluding hydrogens is 258 g/mol. The van der Waals surface area contributed by atoms with Crippen LogP contribution in [0.4, 0.5) is 17.3 Å². The van der Waals surface area contributed by atoms with Crippen molar-refractivity contribution in [2.24, 2.45) is 5.92 Å². The summed E-state index contributed by atoms with van der Waals surface area (Å²) < 4.78 is 0. The maximum Gasteiger partial charge on any atom is 0.353 e. The lowest BCUT2D eigenvalue weighted by atomic mass is 10.2. The van der Waals surface area contributed by atoms with Gasteiger partial charge in [-0.05, 0) is 25.2 Å². The standard InChI is InChI=1S/C13H21N5O2/c1-2-7-14-12-11(18(19)20)13(17-9-16-12)15-8-3-4-10-5-6-10/h9-10H,2-8H2,1H3,(H2,14,15,16,17). The average molecular weight is 279 g/mol. The predicted molar refractivity (Wildman–Crippen MR) is 77.9 cm³/mol. The molecule has 1 aliphatic rings. The topological polar surface area (TPSA) is 93.0 Å². The SMILES string of the molecule is CCCNc1ncnc(NCCCC2CC2)c1[N+](=O)[O-]. The Morgan fingerprint density at radius 2 is 1.95 bits per heavy atom. The molecule has 0 amide bonds. The van der Waals surface area contributed by atoms with Crippen LogP contribution in [0, 0.1) is 16.0 Å². The molecule has 1 aromatic heterocycles. The van der Waals surface area contributed by atoms with Gasteiger partial charge in [-0.25, -0.2) is 9.97 Å². The molecule has 110 valence electrons. The van der Waals surface area contributed by atoms with Crippen molar-refractivity contribution in [3.63, 3.8) is 0 Å². The van der Waals surface area contributed by atoms with Crippen LogP contribution in [0.2, 0.25) is 0 Å². The molecule has 1 heterocycles. The molecule has 1 aromatic rings. The molecule has 2 N–H and O–H groups in total. The van der Waals surface area contributed by atoms with Gasteiger partial charge in [0.25, 0.3) is 0 Å². The molecule has 1 saturated carbocycles. The fourth-order valence-corrected chi connectivity index (χ4v) is 2.06. The molecule has 0 aliphatic heterocycles. The minimum Gasteiger partial charge on any atom is -0.364 e. The molecule has 1 fully saturated rings. The maximum absolute atomic E-state index is 11.2.